The molecular weight excluding hydrogens is 873 g/mol. The van der Waals surface area contributed by atoms with Crippen molar-refractivity contribution in [2.75, 3.05) is 32.1 Å². The van der Waals surface area contributed by atoms with E-state index < -0.39 is 24.5 Å². The molecule has 4 aromatic heterocycles. The first kappa shape index (κ1) is 42.1. The van der Waals surface area contributed by atoms with Crippen LogP contribution >= 0.6 is 7.14 Å². The number of fused-ring (bicyclic) bond motifs is 2. The number of imidazole rings is 1. The number of H-pyrrole nitrogens is 1. The third-order valence-corrected chi connectivity index (χ3v) is 19.6. The Morgan fingerprint density at radius 3 is 2.28 bits per heavy atom. The summed E-state index contributed by atoms with van der Waals surface area (Å²) >= 11 is 0. The predicted octanol–water partition coefficient (Wildman–Crippen LogP) is 7.75. The number of benzene rings is 3. The van der Waals surface area contributed by atoms with Crippen molar-refractivity contribution in [1.82, 2.24) is 38.5 Å². The van der Waals surface area contributed by atoms with E-state index in [2.05, 4.69) is 33.7 Å². The largest absolute Gasteiger partial charge is 0.438 e. The van der Waals surface area contributed by atoms with Crippen LogP contribution in [-0.2, 0) is 21.3 Å². The van der Waals surface area contributed by atoms with Gasteiger partial charge in [0.05, 0.1) is 23.1 Å². The summed E-state index contributed by atoms with van der Waals surface area (Å²) < 4.78 is 47.4. The highest BCUT2D eigenvalue weighted by molar-refractivity contribution is 7.73. The predicted molar refractivity (Wildman–Crippen MR) is 252 cm³/mol. The minimum absolute atomic E-state index is 0.217. The maximum absolute atomic E-state index is 15.5. The number of rotatable bonds is 11. The van der Waals surface area contributed by atoms with E-state index >= 15 is 9.18 Å². The van der Waals surface area contributed by atoms with E-state index in [0.29, 0.717) is 90.3 Å². The number of nitrogens with zero attached hydrogens (tertiary/aromatic N) is 7. The van der Waals surface area contributed by atoms with Gasteiger partial charge in [-0.25, -0.2) is 18.7 Å². The quantitative estimate of drug-likeness (QED) is 0.123. The van der Waals surface area contributed by atoms with Crippen molar-refractivity contribution >= 4 is 34.9 Å². The van der Waals surface area contributed by atoms with Gasteiger partial charge >= 0.3 is 11.4 Å². The molecule has 1 saturated heterocycles. The van der Waals surface area contributed by atoms with Crippen LogP contribution in [0.5, 0.6) is 0 Å². The van der Waals surface area contributed by atoms with Crippen LogP contribution < -0.4 is 22.1 Å². The third-order valence-electron chi connectivity index (χ3n) is 15.2. The molecule has 1 amide bonds. The molecule has 0 radical (unpaired) electrons. The summed E-state index contributed by atoms with van der Waals surface area (Å²) in [6, 6.07) is 17.0. The van der Waals surface area contributed by atoms with Gasteiger partial charge in [0.2, 0.25) is 0 Å². The summed E-state index contributed by atoms with van der Waals surface area (Å²) in [5.41, 5.74) is 6.07. The molecule has 0 unspecified atom stereocenters. The van der Waals surface area contributed by atoms with Crippen LogP contribution in [0.1, 0.15) is 115 Å². The Balaban J connectivity index is 0.975. The second-order valence-electron chi connectivity index (χ2n) is 19.4. The van der Waals surface area contributed by atoms with Crippen molar-refractivity contribution in [3.63, 3.8) is 0 Å². The topological polar surface area (TPSA) is 167 Å². The van der Waals surface area contributed by atoms with Crippen molar-refractivity contribution < 1.29 is 23.0 Å². The lowest BCUT2D eigenvalue weighted by molar-refractivity contribution is 0.0664. The highest BCUT2D eigenvalue weighted by Crippen LogP contribution is 2.70. The standard InChI is InChI=1S/C50H53FN9O6P/c1-28-23-35(24-29(2)44(28)51)60-45(58-20-19-57(49(58)63)34-6-12-42(39(27-34)52-4)67(64,36-7-8-36)37-9-10-37)43-30(3)56(18-13-38(43)54-60)46(61)41-26-33-25-32(31-14-21-65-22-15-31)5-11-40(33)59(41)50(16-17-50)47-53-48(62)66-55-47/h5-6,11-12,19-20,23-27,30-31,36-37,52H,7-10,13-18,21-22H2,1-4H3,(H,53,55,62)/t30-/m0/s1. The van der Waals surface area contributed by atoms with Gasteiger partial charge in [0.1, 0.15) is 30.0 Å². The van der Waals surface area contributed by atoms with Crippen LogP contribution in [0.3, 0.4) is 0 Å². The molecular formula is C50H53FN9O6P. The summed E-state index contributed by atoms with van der Waals surface area (Å²) in [6.07, 6.45) is 10.9. The summed E-state index contributed by atoms with van der Waals surface area (Å²) in [4.78, 5) is 47.4. The Morgan fingerprint density at radius 2 is 1.63 bits per heavy atom. The molecule has 15 nitrogen and oxygen atoms in total. The second-order valence-corrected chi connectivity index (χ2v) is 22.8. The first-order chi connectivity index (χ1) is 32.4. The summed E-state index contributed by atoms with van der Waals surface area (Å²) in [7, 11) is -0.779. The lowest BCUT2D eigenvalue weighted by atomic mass is 9.91. The van der Waals surface area contributed by atoms with Crippen molar-refractivity contribution in [3.8, 4) is 17.2 Å². The zero-order chi connectivity index (χ0) is 46.1. The molecule has 0 spiro atoms. The SMILES string of the molecule is CNc1cc(-n2ccn(-c3c4c(nn3-c3cc(C)c(F)c(C)c3)CCN(C(=O)c3cc5cc(C6CCOCC6)ccc5n3C3(c5noc(=O)[nH]5)CC3)[C@H]4C)c2=O)ccc1P(=O)(C1CC1)C1CC1. The highest BCUT2D eigenvalue weighted by atomic mass is 31.2. The molecule has 67 heavy (non-hydrogen) atoms. The Kier molecular flexibility index (Phi) is 9.68. The van der Waals surface area contributed by atoms with E-state index in [1.807, 2.05) is 47.7 Å². The number of aryl methyl sites for hydroxylation is 2. The van der Waals surface area contributed by atoms with E-state index in [1.54, 1.807) is 52.2 Å². The van der Waals surface area contributed by atoms with E-state index in [4.69, 9.17) is 14.4 Å². The highest BCUT2D eigenvalue weighted by Gasteiger charge is 2.54. The van der Waals surface area contributed by atoms with E-state index in [0.717, 1.165) is 66.1 Å². The van der Waals surface area contributed by atoms with E-state index in [9.17, 15) is 14.2 Å². The first-order valence-electron chi connectivity index (χ1n) is 23.6. The number of carbonyl (C=O) groups excluding carboxylic acids is 1. The number of hydrogen-bond acceptors (Lipinski definition) is 9. The molecule has 3 aliphatic carbocycles. The minimum atomic E-state index is -2.61. The Labute approximate surface area is 385 Å². The average Bonchev–Trinajstić information content (AvgIpc) is 4.31. The molecule has 2 aliphatic heterocycles. The van der Waals surface area contributed by atoms with Crippen LogP contribution in [-0.4, -0.2) is 82.6 Å². The fourth-order valence-corrected chi connectivity index (χ4v) is 15.4. The van der Waals surface area contributed by atoms with Gasteiger partial charge in [0, 0.05) is 84.4 Å². The number of hydrogen-bond donors (Lipinski definition) is 2. The van der Waals surface area contributed by atoms with E-state index in [-0.39, 0.29) is 28.7 Å². The molecule has 346 valence electrons. The molecule has 3 aromatic carbocycles. The lowest BCUT2D eigenvalue weighted by Gasteiger charge is -2.34. The zero-order valence-corrected chi connectivity index (χ0v) is 38.9. The van der Waals surface area contributed by atoms with Gasteiger partial charge in [-0.1, -0.05) is 11.2 Å². The smallest absolute Gasteiger partial charge is 0.387 e. The number of carbonyl (C=O) groups is 1. The summed E-state index contributed by atoms with van der Waals surface area (Å²) in [6.45, 7) is 7.13. The van der Waals surface area contributed by atoms with Gasteiger partial charge < -0.3 is 24.1 Å². The van der Waals surface area contributed by atoms with Crippen LogP contribution in [0.15, 0.2) is 81.1 Å². The number of anilines is 1. The van der Waals surface area contributed by atoms with Crippen molar-refractivity contribution in [3.05, 3.63) is 133 Å². The molecule has 12 rings (SSSR count). The molecule has 2 N–H and O–H groups in total. The Bertz CT molecular complexity index is 3300. The Hall–Kier alpha value is -6.25. The zero-order valence-electron chi connectivity index (χ0n) is 38.1. The van der Waals surface area contributed by atoms with Crippen LogP contribution in [0.25, 0.3) is 28.1 Å². The number of nitrogens with one attached hydrogen (secondary N) is 2. The third kappa shape index (κ3) is 6.60. The normalized spacial score (nSPS) is 19.5. The van der Waals surface area contributed by atoms with Gasteiger partial charge in [-0.05, 0) is 143 Å². The number of aromatic nitrogens is 7. The number of amides is 1. The molecule has 7 aromatic rings. The van der Waals surface area contributed by atoms with Crippen molar-refractivity contribution in [1.29, 1.82) is 0 Å². The van der Waals surface area contributed by atoms with Gasteiger partial charge in [0.25, 0.3) is 5.91 Å². The molecule has 17 heteroatoms. The number of halogens is 1. The molecule has 5 aliphatic rings. The van der Waals surface area contributed by atoms with Gasteiger partial charge in [0.15, 0.2) is 5.82 Å². The lowest BCUT2D eigenvalue weighted by Crippen LogP contribution is -2.41. The minimum Gasteiger partial charge on any atom is -0.387 e. The maximum atomic E-state index is 15.5. The fraction of sp³-hybridized carbons (Fsp3) is 0.420. The number of aromatic amines is 1. The molecule has 3 saturated carbocycles. The fourth-order valence-electron chi connectivity index (χ4n) is 11.3. The van der Waals surface area contributed by atoms with Gasteiger partial charge in [-0.2, -0.15) is 5.10 Å². The monoisotopic (exact) mass is 925 g/mol. The van der Waals surface area contributed by atoms with Crippen molar-refractivity contribution in [2.24, 2.45) is 0 Å². The van der Waals surface area contributed by atoms with Crippen LogP contribution in [0.4, 0.5) is 10.1 Å². The van der Waals surface area contributed by atoms with Gasteiger partial charge in [-0.3, -0.25) is 23.4 Å². The van der Waals surface area contributed by atoms with Crippen LogP contribution in [0, 0.1) is 19.7 Å². The van der Waals surface area contributed by atoms with E-state index in [1.165, 1.54) is 5.56 Å². The Morgan fingerprint density at radius 1 is 0.910 bits per heavy atom. The molecule has 0 bridgehead atoms. The maximum Gasteiger partial charge on any atom is 0.438 e. The summed E-state index contributed by atoms with van der Waals surface area (Å²) in [5, 5.41) is 14.4. The second kappa shape index (κ2) is 15.4. The molecule has 1 atom stereocenters. The first-order valence-corrected chi connectivity index (χ1v) is 25.5. The molecule has 4 fully saturated rings. The average molecular weight is 926 g/mol. The van der Waals surface area contributed by atoms with Crippen molar-refractivity contribution in [2.45, 2.75) is 107 Å². The number of ether oxygens (including phenoxy) is 1. The van der Waals surface area contributed by atoms with Gasteiger partial charge in [-0.15, -0.1) is 0 Å². The molecule has 6 heterocycles. The van der Waals surface area contributed by atoms with Crippen LogP contribution in [0.2, 0.25) is 0 Å². The summed E-state index contributed by atoms with van der Waals surface area (Å²) in [5.74, 6) is -0.0197.